The number of thioether (sulfide) groups is 1. The molecule has 0 aliphatic carbocycles. The van der Waals surface area contributed by atoms with Gasteiger partial charge in [0, 0.05) is 42.7 Å². The minimum Gasteiger partial charge on any atom is -0.352 e. The number of fused-ring (bicyclic) bond motifs is 1. The fourth-order valence-electron chi connectivity index (χ4n) is 3.05. The first kappa shape index (κ1) is 13.0. The zero-order valence-corrected chi connectivity index (χ0v) is 12.1. The summed E-state index contributed by atoms with van der Waals surface area (Å²) in [5.74, 6) is 0.0921. The lowest BCUT2D eigenvalue weighted by Crippen LogP contribution is -2.37. The molecule has 1 fully saturated rings. The highest BCUT2D eigenvalue weighted by Gasteiger charge is 2.28. The van der Waals surface area contributed by atoms with Crippen LogP contribution in [0.5, 0.6) is 0 Å². The van der Waals surface area contributed by atoms with E-state index in [1.54, 1.807) is 6.92 Å². The topological polar surface area (TPSA) is 32.3 Å². The second-order valence-electron chi connectivity index (χ2n) is 5.50. The van der Waals surface area contributed by atoms with Gasteiger partial charge in [0.1, 0.15) is 0 Å². The highest BCUT2D eigenvalue weighted by atomic mass is 32.2. The molecule has 19 heavy (non-hydrogen) atoms. The summed E-state index contributed by atoms with van der Waals surface area (Å²) in [6.07, 6.45) is 2.27. The normalized spacial score (nSPS) is 26.4. The number of likely N-dealkylation sites (tertiary alicyclic amines) is 1. The first-order valence-corrected chi connectivity index (χ1v) is 7.82. The summed E-state index contributed by atoms with van der Waals surface area (Å²) in [6, 6.07) is 9.07. The molecule has 1 amide bonds. The lowest BCUT2D eigenvalue weighted by atomic mass is 10.1. The van der Waals surface area contributed by atoms with Crippen molar-refractivity contribution < 1.29 is 4.79 Å². The maximum atomic E-state index is 11.1. The Bertz CT molecular complexity index is 452. The molecule has 0 aromatic heterocycles. The van der Waals surface area contributed by atoms with Crippen molar-refractivity contribution in [2.45, 2.75) is 36.0 Å². The first-order chi connectivity index (χ1) is 9.20. The Balaban J connectivity index is 1.51. The van der Waals surface area contributed by atoms with Crippen LogP contribution < -0.4 is 5.32 Å². The van der Waals surface area contributed by atoms with Gasteiger partial charge < -0.3 is 10.2 Å². The number of benzene rings is 1. The van der Waals surface area contributed by atoms with Gasteiger partial charge in [-0.3, -0.25) is 4.79 Å². The second kappa shape index (κ2) is 5.55. The standard InChI is InChI=1S/C15H20N2OS/c1-11(18)16-13-6-7-17(9-13)10-14-8-12-4-2-3-5-15(12)19-14/h2-5,13-14H,6-10H2,1H3,(H,16,18). The summed E-state index contributed by atoms with van der Waals surface area (Å²) in [4.78, 5) is 15.0. The molecule has 2 aliphatic heterocycles. The van der Waals surface area contributed by atoms with Gasteiger partial charge in [-0.1, -0.05) is 18.2 Å². The Kier molecular flexibility index (Phi) is 3.80. The summed E-state index contributed by atoms with van der Waals surface area (Å²) in [5.41, 5.74) is 1.50. The van der Waals surface area contributed by atoms with E-state index in [0.29, 0.717) is 11.3 Å². The van der Waals surface area contributed by atoms with E-state index in [1.165, 1.54) is 16.9 Å². The van der Waals surface area contributed by atoms with Crippen molar-refractivity contribution >= 4 is 17.7 Å². The van der Waals surface area contributed by atoms with Crippen molar-refractivity contribution in [1.82, 2.24) is 10.2 Å². The van der Waals surface area contributed by atoms with E-state index >= 15 is 0 Å². The minimum atomic E-state index is 0.0921. The Morgan fingerprint density at radius 1 is 1.47 bits per heavy atom. The van der Waals surface area contributed by atoms with E-state index in [-0.39, 0.29) is 5.91 Å². The molecule has 1 N–H and O–H groups in total. The number of amides is 1. The SMILES string of the molecule is CC(=O)NC1CCN(CC2Cc3ccccc3S2)C1. The van der Waals surface area contributed by atoms with Crippen molar-refractivity contribution in [3.05, 3.63) is 29.8 Å². The summed E-state index contributed by atoms with van der Waals surface area (Å²) >= 11 is 2.01. The molecule has 2 atom stereocenters. The number of nitrogens with zero attached hydrogens (tertiary/aromatic N) is 1. The van der Waals surface area contributed by atoms with Gasteiger partial charge in [-0.15, -0.1) is 11.8 Å². The monoisotopic (exact) mass is 276 g/mol. The molecule has 0 saturated carbocycles. The van der Waals surface area contributed by atoms with Crippen molar-refractivity contribution in [1.29, 1.82) is 0 Å². The van der Waals surface area contributed by atoms with Crippen LogP contribution in [0, 0.1) is 0 Å². The molecule has 4 heteroatoms. The zero-order valence-electron chi connectivity index (χ0n) is 11.3. The average molecular weight is 276 g/mol. The van der Waals surface area contributed by atoms with Gasteiger partial charge in [-0.25, -0.2) is 0 Å². The Morgan fingerprint density at radius 3 is 3.11 bits per heavy atom. The maximum Gasteiger partial charge on any atom is 0.217 e. The molecule has 1 saturated heterocycles. The molecule has 1 aromatic rings. The zero-order chi connectivity index (χ0) is 13.2. The van der Waals surface area contributed by atoms with Crippen LogP contribution in [-0.2, 0) is 11.2 Å². The van der Waals surface area contributed by atoms with Crippen LogP contribution in [0.4, 0.5) is 0 Å². The van der Waals surface area contributed by atoms with E-state index in [9.17, 15) is 4.79 Å². The fraction of sp³-hybridized carbons (Fsp3) is 0.533. The molecular formula is C15H20N2OS. The van der Waals surface area contributed by atoms with Crippen LogP contribution in [0.25, 0.3) is 0 Å². The largest absolute Gasteiger partial charge is 0.352 e. The highest BCUT2D eigenvalue weighted by Crippen LogP contribution is 2.37. The predicted octanol–water partition coefficient (Wildman–Crippen LogP) is 1.91. The van der Waals surface area contributed by atoms with Crippen LogP contribution in [0.2, 0.25) is 0 Å². The molecule has 0 bridgehead atoms. The Morgan fingerprint density at radius 2 is 2.32 bits per heavy atom. The van der Waals surface area contributed by atoms with Crippen LogP contribution in [0.15, 0.2) is 29.2 Å². The molecule has 3 nitrogen and oxygen atoms in total. The van der Waals surface area contributed by atoms with Gasteiger partial charge in [-0.05, 0) is 24.5 Å². The van der Waals surface area contributed by atoms with Gasteiger partial charge in [0.2, 0.25) is 5.91 Å². The van der Waals surface area contributed by atoms with Crippen LogP contribution in [-0.4, -0.2) is 41.7 Å². The molecular weight excluding hydrogens is 256 g/mol. The van der Waals surface area contributed by atoms with Gasteiger partial charge in [0.05, 0.1) is 0 Å². The van der Waals surface area contributed by atoms with Crippen LogP contribution in [0.1, 0.15) is 18.9 Å². The summed E-state index contributed by atoms with van der Waals surface area (Å²) in [7, 11) is 0. The maximum absolute atomic E-state index is 11.1. The van der Waals surface area contributed by atoms with Crippen molar-refractivity contribution in [3.8, 4) is 0 Å². The first-order valence-electron chi connectivity index (χ1n) is 6.95. The number of rotatable bonds is 3. The highest BCUT2D eigenvalue weighted by molar-refractivity contribution is 8.00. The van der Waals surface area contributed by atoms with E-state index in [1.807, 2.05) is 11.8 Å². The van der Waals surface area contributed by atoms with Gasteiger partial charge in [0.25, 0.3) is 0 Å². The average Bonchev–Trinajstić information content (AvgIpc) is 2.94. The molecule has 102 valence electrons. The van der Waals surface area contributed by atoms with Gasteiger partial charge in [-0.2, -0.15) is 0 Å². The lowest BCUT2D eigenvalue weighted by molar-refractivity contribution is -0.119. The Hall–Kier alpha value is -1.00. The number of carbonyl (C=O) groups is 1. The molecule has 2 unspecified atom stereocenters. The van der Waals surface area contributed by atoms with E-state index in [2.05, 4.69) is 34.5 Å². The number of hydrogen-bond acceptors (Lipinski definition) is 3. The fourth-order valence-corrected chi connectivity index (χ4v) is 4.41. The number of carbonyl (C=O) groups excluding carboxylic acids is 1. The van der Waals surface area contributed by atoms with E-state index in [4.69, 9.17) is 0 Å². The van der Waals surface area contributed by atoms with Crippen molar-refractivity contribution in [2.75, 3.05) is 19.6 Å². The third-order valence-electron chi connectivity index (χ3n) is 3.86. The molecule has 1 aromatic carbocycles. The van der Waals surface area contributed by atoms with Crippen molar-refractivity contribution in [3.63, 3.8) is 0 Å². The van der Waals surface area contributed by atoms with Crippen LogP contribution >= 0.6 is 11.8 Å². The molecule has 2 heterocycles. The summed E-state index contributed by atoms with van der Waals surface area (Å²) in [5, 5.41) is 3.70. The molecule has 3 rings (SSSR count). The van der Waals surface area contributed by atoms with Crippen LogP contribution in [0.3, 0.4) is 0 Å². The molecule has 0 spiro atoms. The van der Waals surface area contributed by atoms with E-state index < -0.39 is 0 Å². The van der Waals surface area contributed by atoms with Gasteiger partial charge >= 0.3 is 0 Å². The summed E-state index contributed by atoms with van der Waals surface area (Å²) < 4.78 is 0. The third-order valence-corrected chi connectivity index (χ3v) is 5.16. The quantitative estimate of drug-likeness (QED) is 0.915. The smallest absolute Gasteiger partial charge is 0.217 e. The predicted molar refractivity (Wildman–Crippen MR) is 78.5 cm³/mol. The number of nitrogens with one attached hydrogen (secondary N) is 1. The second-order valence-corrected chi connectivity index (χ2v) is 6.84. The lowest BCUT2D eigenvalue weighted by Gasteiger charge is -2.19. The molecule has 2 aliphatic rings. The van der Waals surface area contributed by atoms with Gasteiger partial charge in [0.15, 0.2) is 0 Å². The number of hydrogen-bond donors (Lipinski definition) is 1. The van der Waals surface area contributed by atoms with Crippen molar-refractivity contribution in [2.24, 2.45) is 0 Å². The summed E-state index contributed by atoms with van der Waals surface area (Å²) in [6.45, 7) is 4.85. The molecule has 0 radical (unpaired) electrons. The Labute approximate surface area is 118 Å². The minimum absolute atomic E-state index is 0.0921. The van der Waals surface area contributed by atoms with E-state index in [0.717, 1.165) is 26.1 Å². The third kappa shape index (κ3) is 3.12.